The van der Waals surface area contributed by atoms with Crippen LogP contribution in [0.1, 0.15) is 12.0 Å². The number of methoxy groups -OCH3 is 1. The molecule has 1 aromatic carbocycles. The van der Waals surface area contributed by atoms with E-state index in [-0.39, 0.29) is 24.4 Å². The molecular weight excluding hydrogens is 378 g/mol. The van der Waals surface area contributed by atoms with Gasteiger partial charge >= 0.3 is 6.09 Å². The second-order valence-corrected chi connectivity index (χ2v) is 8.80. The number of rotatable bonds is 7. The summed E-state index contributed by atoms with van der Waals surface area (Å²) in [6.45, 7) is 0.731. The molecule has 1 saturated heterocycles. The van der Waals surface area contributed by atoms with Crippen molar-refractivity contribution in [1.82, 2.24) is 13.9 Å². The summed E-state index contributed by atoms with van der Waals surface area (Å²) in [5.41, 5.74) is 0.840. The molecule has 0 bridgehead atoms. The largest absolute Gasteiger partial charge is 0.497 e. The molecule has 1 aliphatic heterocycles. The molecule has 0 aliphatic carbocycles. The summed E-state index contributed by atoms with van der Waals surface area (Å²) >= 11 is 4.44. The minimum atomic E-state index is -3.55. The number of thiol groups is 1. The van der Waals surface area contributed by atoms with Gasteiger partial charge in [-0.3, -0.25) is 0 Å². The van der Waals surface area contributed by atoms with Crippen LogP contribution in [0.15, 0.2) is 24.3 Å². The van der Waals surface area contributed by atoms with Crippen LogP contribution in [0, 0.1) is 0 Å². The highest BCUT2D eigenvalue weighted by atomic mass is 32.2. The average Bonchev–Trinajstić information content (AvgIpc) is 3.00. The van der Waals surface area contributed by atoms with Crippen molar-refractivity contribution in [3.63, 3.8) is 0 Å². The highest BCUT2D eigenvalue weighted by Crippen LogP contribution is 2.24. The number of likely N-dealkylation sites (tertiary alicyclic amines) is 1. The zero-order valence-corrected chi connectivity index (χ0v) is 16.8. The highest BCUT2D eigenvalue weighted by Gasteiger charge is 2.36. The van der Waals surface area contributed by atoms with Crippen molar-refractivity contribution in [3.05, 3.63) is 29.8 Å². The maximum absolute atomic E-state index is 12.5. The minimum absolute atomic E-state index is 0.0146. The van der Waals surface area contributed by atoms with Crippen molar-refractivity contribution in [2.75, 3.05) is 34.3 Å². The molecule has 1 N–H and O–H groups in total. The Hall–Kier alpha value is -1.49. The molecule has 2 unspecified atom stereocenters. The lowest BCUT2D eigenvalue weighted by Crippen LogP contribution is -2.46. The van der Waals surface area contributed by atoms with Crippen LogP contribution in [0.4, 0.5) is 4.79 Å². The predicted molar refractivity (Wildman–Crippen MR) is 102 cm³/mol. The molecule has 1 heterocycles. The van der Waals surface area contributed by atoms with Gasteiger partial charge in [0, 0.05) is 32.4 Å². The van der Waals surface area contributed by atoms with Gasteiger partial charge in [-0.2, -0.15) is 25.4 Å². The van der Waals surface area contributed by atoms with Gasteiger partial charge in [0.1, 0.15) is 12.4 Å². The molecule has 10 heteroatoms. The minimum Gasteiger partial charge on any atom is -0.497 e. The van der Waals surface area contributed by atoms with Crippen molar-refractivity contribution < 1.29 is 22.7 Å². The third kappa shape index (κ3) is 5.26. The lowest BCUT2D eigenvalue weighted by molar-refractivity contribution is 0.0897. The molecule has 1 amide bonds. The molecule has 0 spiro atoms. The monoisotopic (exact) mass is 403 g/mol. The zero-order valence-electron chi connectivity index (χ0n) is 15.1. The first-order valence-electron chi connectivity index (χ1n) is 8.16. The molecule has 1 aromatic rings. The molecular formula is C16H25N3O5S2. The summed E-state index contributed by atoms with van der Waals surface area (Å²) in [6.07, 6.45) is 0.127. The highest BCUT2D eigenvalue weighted by molar-refractivity contribution is 7.87. The molecule has 0 radical (unpaired) electrons. The maximum Gasteiger partial charge on any atom is 0.410 e. The van der Waals surface area contributed by atoms with E-state index in [0.717, 1.165) is 11.3 Å². The van der Waals surface area contributed by atoms with Crippen molar-refractivity contribution in [1.29, 1.82) is 0 Å². The molecule has 146 valence electrons. The van der Waals surface area contributed by atoms with Crippen LogP contribution in [0.5, 0.6) is 5.75 Å². The van der Waals surface area contributed by atoms with Gasteiger partial charge in [0.25, 0.3) is 10.2 Å². The van der Waals surface area contributed by atoms with E-state index in [0.29, 0.717) is 13.0 Å². The molecule has 0 saturated carbocycles. The van der Waals surface area contributed by atoms with Gasteiger partial charge < -0.3 is 14.4 Å². The molecule has 1 fully saturated rings. The molecule has 2 atom stereocenters. The van der Waals surface area contributed by atoms with Crippen molar-refractivity contribution >= 4 is 28.9 Å². The Labute approximate surface area is 160 Å². The fourth-order valence-electron chi connectivity index (χ4n) is 2.79. The number of carbonyl (C=O) groups is 1. The van der Waals surface area contributed by atoms with Gasteiger partial charge in [0.05, 0.1) is 13.2 Å². The van der Waals surface area contributed by atoms with Gasteiger partial charge in [0.2, 0.25) is 0 Å². The number of benzene rings is 1. The lowest BCUT2D eigenvalue weighted by atomic mass is 10.2. The smallest absolute Gasteiger partial charge is 0.410 e. The Kier molecular flexibility index (Phi) is 7.16. The number of hydrogen-bond donors (Lipinski definition) is 2. The molecule has 2 rings (SSSR count). The van der Waals surface area contributed by atoms with E-state index >= 15 is 0 Å². The first kappa shape index (κ1) is 20.8. The van der Waals surface area contributed by atoms with Crippen LogP contribution in [0.25, 0.3) is 0 Å². The predicted octanol–water partition coefficient (Wildman–Crippen LogP) is 1.10. The third-order valence-corrected chi connectivity index (χ3v) is 6.14. The van der Waals surface area contributed by atoms with E-state index in [1.807, 2.05) is 12.1 Å². The van der Waals surface area contributed by atoms with Crippen LogP contribution in [0.3, 0.4) is 0 Å². The zero-order chi connectivity index (χ0) is 19.3. The summed E-state index contributed by atoms with van der Waals surface area (Å²) in [5, 5.41) is -0.0146. The number of nitrogens with one attached hydrogen (secondary N) is 1. The fourth-order valence-corrected chi connectivity index (χ4v) is 3.89. The topological polar surface area (TPSA) is 88.2 Å². The number of likely N-dealkylation sites (N-methyl/N-ethyl adjacent to an activating group) is 1. The van der Waals surface area contributed by atoms with Gasteiger partial charge in [-0.25, -0.2) is 9.52 Å². The van der Waals surface area contributed by atoms with Crippen LogP contribution < -0.4 is 9.46 Å². The van der Waals surface area contributed by atoms with Crippen molar-refractivity contribution in [2.24, 2.45) is 0 Å². The number of amides is 1. The third-order valence-electron chi connectivity index (χ3n) is 4.28. The standard InChI is InChI=1S/C16H25N3O5S2/c1-17-26(21,22)18(2)9-13-8-15(25)10-19(13)16(20)24-11-12-4-6-14(23-3)7-5-12/h4-7,13,15,17,25H,8-11H2,1-3H3. The quantitative estimate of drug-likeness (QED) is 0.666. The molecule has 26 heavy (non-hydrogen) atoms. The Morgan fingerprint density at radius 2 is 2.04 bits per heavy atom. The van der Waals surface area contributed by atoms with Crippen molar-refractivity contribution in [2.45, 2.75) is 24.3 Å². The van der Waals surface area contributed by atoms with Gasteiger partial charge in [-0.15, -0.1) is 0 Å². The normalized spacial score (nSPS) is 20.4. The SMILES string of the molecule is CNS(=O)(=O)N(C)CC1CC(S)CN1C(=O)OCc1ccc(OC)cc1. The van der Waals surface area contributed by atoms with Gasteiger partial charge in [-0.05, 0) is 24.1 Å². The molecule has 8 nitrogen and oxygen atoms in total. The molecule has 0 aromatic heterocycles. The van der Waals surface area contributed by atoms with E-state index in [9.17, 15) is 13.2 Å². The maximum atomic E-state index is 12.5. The number of nitrogens with zero attached hydrogens (tertiary/aromatic N) is 2. The van der Waals surface area contributed by atoms with E-state index in [4.69, 9.17) is 9.47 Å². The Balaban J connectivity index is 1.96. The van der Waals surface area contributed by atoms with E-state index in [1.165, 1.54) is 18.4 Å². The lowest BCUT2D eigenvalue weighted by Gasteiger charge is -2.27. The number of carbonyl (C=O) groups excluding carboxylic acids is 1. The van der Waals surface area contributed by atoms with E-state index < -0.39 is 16.3 Å². The Morgan fingerprint density at radius 3 is 2.62 bits per heavy atom. The average molecular weight is 404 g/mol. The second kappa shape index (κ2) is 8.94. The fraction of sp³-hybridized carbons (Fsp3) is 0.562. The summed E-state index contributed by atoms with van der Waals surface area (Å²) in [5.74, 6) is 0.728. The summed E-state index contributed by atoms with van der Waals surface area (Å²) in [6, 6.07) is 6.95. The Bertz CT molecular complexity index is 711. The van der Waals surface area contributed by atoms with Crippen molar-refractivity contribution in [3.8, 4) is 5.75 Å². The Morgan fingerprint density at radius 1 is 1.38 bits per heavy atom. The van der Waals surface area contributed by atoms with Gasteiger partial charge in [0.15, 0.2) is 0 Å². The van der Waals surface area contributed by atoms with Crippen LogP contribution in [-0.4, -0.2) is 69.3 Å². The summed E-state index contributed by atoms with van der Waals surface area (Å²) < 4.78 is 37.6. The van der Waals surface area contributed by atoms with E-state index in [1.54, 1.807) is 24.1 Å². The van der Waals surface area contributed by atoms with Crippen LogP contribution >= 0.6 is 12.6 Å². The van der Waals surface area contributed by atoms with E-state index in [2.05, 4.69) is 17.4 Å². The molecule has 1 aliphatic rings. The first-order chi connectivity index (χ1) is 12.3. The van der Waals surface area contributed by atoms with Crippen LogP contribution in [-0.2, 0) is 21.6 Å². The number of ether oxygens (including phenoxy) is 2. The first-order valence-corrected chi connectivity index (χ1v) is 10.1. The summed E-state index contributed by atoms with van der Waals surface area (Å²) in [4.78, 5) is 14.0. The summed E-state index contributed by atoms with van der Waals surface area (Å²) in [7, 11) is 0.859. The van der Waals surface area contributed by atoms with Gasteiger partial charge in [-0.1, -0.05) is 12.1 Å². The van der Waals surface area contributed by atoms with Crippen LogP contribution in [0.2, 0.25) is 0 Å². The number of hydrogen-bond acceptors (Lipinski definition) is 6. The second-order valence-electron chi connectivity index (χ2n) is 6.09.